The van der Waals surface area contributed by atoms with Gasteiger partial charge in [0.25, 0.3) is 0 Å². The van der Waals surface area contributed by atoms with E-state index in [2.05, 4.69) is 36.8 Å². The number of carbonyl (C=O) groups is 2. The van der Waals surface area contributed by atoms with Crippen molar-refractivity contribution in [1.82, 2.24) is 19.6 Å². The largest absolute Gasteiger partial charge is 0.372 e. The number of likely N-dealkylation sites (N-methyl/N-ethyl adjacent to an activating group) is 1. The number of amides is 3. The average Bonchev–Trinajstić information content (AvgIpc) is 3.46. The first kappa shape index (κ1) is 31.7. The normalized spacial score (nSPS) is 25.7. The minimum atomic E-state index is 0.162. The maximum atomic E-state index is 12.4. The predicted octanol–water partition coefficient (Wildman–Crippen LogP) is 6.34. The fraction of sp³-hybridized carbons (Fsp3) is 0.688. The molecule has 38 heavy (non-hydrogen) atoms. The van der Waals surface area contributed by atoms with E-state index in [0.717, 1.165) is 57.6 Å². The van der Waals surface area contributed by atoms with E-state index in [1.807, 2.05) is 63.9 Å². The molecular formula is C32H54N4O2. The summed E-state index contributed by atoms with van der Waals surface area (Å²) in [6, 6.07) is 1.14. The van der Waals surface area contributed by atoms with Gasteiger partial charge in [0, 0.05) is 63.5 Å². The Kier molecular flexibility index (Phi) is 12.7. The van der Waals surface area contributed by atoms with Crippen molar-refractivity contribution in [2.24, 2.45) is 17.8 Å². The number of carbonyl (C=O) groups excluding carboxylic acids is 2. The summed E-state index contributed by atoms with van der Waals surface area (Å²) < 4.78 is 0. The van der Waals surface area contributed by atoms with Crippen LogP contribution in [0.4, 0.5) is 4.79 Å². The smallest absolute Gasteiger partial charge is 0.320 e. The molecule has 6 heteroatoms. The highest BCUT2D eigenvalue weighted by Crippen LogP contribution is 2.34. The molecule has 0 N–H and O–H groups in total. The third-order valence-electron chi connectivity index (χ3n) is 8.31. The lowest BCUT2D eigenvalue weighted by atomic mass is 9.84. The lowest BCUT2D eigenvalue weighted by Crippen LogP contribution is -2.38. The van der Waals surface area contributed by atoms with Crippen molar-refractivity contribution in [2.45, 2.75) is 85.7 Å². The topological polar surface area (TPSA) is 47.1 Å². The van der Waals surface area contributed by atoms with E-state index in [1.165, 1.54) is 18.5 Å². The molecule has 0 spiro atoms. The van der Waals surface area contributed by atoms with Gasteiger partial charge in [-0.25, -0.2) is 4.79 Å². The average molecular weight is 527 g/mol. The molecule has 1 aliphatic carbocycles. The molecular weight excluding hydrogens is 472 g/mol. The van der Waals surface area contributed by atoms with Gasteiger partial charge in [-0.15, -0.1) is 0 Å². The number of hydrogen-bond donors (Lipinski definition) is 0. The second-order valence-corrected chi connectivity index (χ2v) is 11.9. The molecule has 3 aliphatic heterocycles. The molecule has 1 saturated carbocycles. The minimum absolute atomic E-state index is 0.162. The standard InChI is InChI=1S/C17H28N2O.C8H12.C7H14N2O/c1-12-9-18(17(20)15-5-4-6-15)10-16(12)11-19-13(2)7-8-14(19)3;1-4-5-6-7-8(2)3;1-6(2)9-5-4-8(3)7(9)10/h12,14-16H,2,4-11H2,1,3H3;4-7H,2H2,1,3H3;6H,4-5H2,1-3H3/b;5-4-,7-6-;/t12?,14?,16-;;/m1../s1. The second kappa shape index (κ2) is 15.2. The van der Waals surface area contributed by atoms with Crippen LogP contribution >= 0.6 is 0 Å². The number of hydrogen-bond acceptors (Lipinski definition) is 3. The summed E-state index contributed by atoms with van der Waals surface area (Å²) in [7, 11) is 1.84. The first-order valence-electron chi connectivity index (χ1n) is 14.7. The summed E-state index contributed by atoms with van der Waals surface area (Å²) >= 11 is 0. The van der Waals surface area contributed by atoms with Crippen LogP contribution in [0.1, 0.15) is 73.6 Å². The molecule has 0 aromatic heterocycles. The van der Waals surface area contributed by atoms with E-state index in [9.17, 15) is 9.59 Å². The molecule has 0 aromatic rings. The minimum Gasteiger partial charge on any atom is -0.372 e. The SMILES string of the molecule is C=C(C)/C=C\C=C/C.C=C1CCC(C)N1C[C@H]1CN(C(=O)C2CCC2)CC1C.CC(C)N1CCN(C)C1=O. The van der Waals surface area contributed by atoms with Gasteiger partial charge in [-0.05, 0) is 72.1 Å². The number of rotatable bonds is 6. The molecule has 0 aromatic carbocycles. The van der Waals surface area contributed by atoms with Crippen molar-refractivity contribution in [3.63, 3.8) is 0 Å². The molecule has 6 nitrogen and oxygen atoms in total. The number of allylic oxidation sites excluding steroid dienone is 6. The van der Waals surface area contributed by atoms with Crippen molar-refractivity contribution in [1.29, 1.82) is 0 Å². The van der Waals surface area contributed by atoms with Crippen LogP contribution in [-0.4, -0.2) is 83.4 Å². The highest BCUT2D eigenvalue weighted by molar-refractivity contribution is 5.80. The quantitative estimate of drug-likeness (QED) is 0.380. The van der Waals surface area contributed by atoms with Gasteiger partial charge in [0.05, 0.1) is 0 Å². The van der Waals surface area contributed by atoms with Crippen LogP contribution in [0.25, 0.3) is 0 Å². The predicted molar refractivity (Wildman–Crippen MR) is 160 cm³/mol. The number of urea groups is 1. The van der Waals surface area contributed by atoms with Gasteiger partial charge < -0.3 is 19.6 Å². The van der Waals surface area contributed by atoms with Crippen molar-refractivity contribution >= 4 is 11.9 Å². The van der Waals surface area contributed by atoms with Crippen LogP contribution in [0.5, 0.6) is 0 Å². The highest BCUT2D eigenvalue weighted by Gasteiger charge is 2.38. The Bertz CT molecular complexity index is 873. The first-order chi connectivity index (χ1) is 18.0. The summed E-state index contributed by atoms with van der Waals surface area (Å²) in [5.41, 5.74) is 2.39. The number of nitrogens with zero attached hydrogens (tertiary/aromatic N) is 4. The van der Waals surface area contributed by atoms with Crippen LogP contribution in [0, 0.1) is 17.8 Å². The van der Waals surface area contributed by atoms with Crippen LogP contribution < -0.4 is 0 Å². The zero-order chi connectivity index (χ0) is 28.4. The van der Waals surface area contributed by atoms with Crippen LogP contribution in [0.15, 0.2) is 48.7 Å². The van der Waals surface area contributed by atoms with Crippen molar-refractivity contribution < 1.29 is 9.59 Å². The van der Waals surface area contributed by atoms with E-state index < -0.39 is 0 Å². The molecule has 3 heterocycles. The molecule has 2 unspecified atom stereocenters. The summed E-state index contributed by atoms with van der Waals surface area (Å²) in [5, 5.41) is 0. The maximum Gasteiger partial charge on any atom is 0.320 e. The Morgan fingerprint density at radius 2 is 1.79 bits per heavy atom. The van der Waals surface area contributed by atoms with Gasteiger partial charge >= 0.3 is 6.03 Å². The third kappa shape index (κ3) is 9.06. The summed E-state index contributed by atoms with van der Waals surface area (Å²) in [4.78, 5) is 31.8. The fourth-order valence-electron chi connectivity index (χ4n) is 5.39. The summed E-state index contributed by atoms with van der Waals surface area (Å²) in [6.45, 7) is 25.3. The zero-order valence-electron chi connectivity index (χ0n) is 25.3. The second-order valence-electron chi connectivity index (χ2n) is 11.9. The molecule has 4 aliphatic rings. The van der Waals surface area contributed by atoms with E-state index in [0.29, 0.717) is 35.7 Å². The van der Waals surface area contributed by atoms with E-state index in [1.54, 1.807) is 4.90 Å². The Morgan fingerprint density at radius 3 is 2.21 bits per heavy atom. The van der Waals surface area contributed by atoms with Gasteiger partial charge in [0.15, 0.2) is 0 Å². The highest BCUT2D eigenvalue weighted by atomic mass is 16.2. The van der Waals surface area contributed by atoms with E-state index in [4.69, 9.17) is 0 Å². The monoisotopic (exact) mass is 526 g/mol. The van der Waals surface area contributed by atoms with Crippen LogP contribution in [0.3, 0.4) is 0 Å². The van der Waals surface area contributed by atoms with Gasteiger partial charge in [-0.1, -0.05) is 56.4 Å². The molecule has 0 bridgehead atoms. The molecule has 3 atom stereocenters. The van der Waals surface area contributed by atoms with Crippen molar-refractivity contribution in [2.75, 3.05) is 39.8 Å². The molecule has 4 fully saturated rings. The molecule has 214 valence electrons. The van der Waals surface area contributed by atoms with Gasteiger partial charge in [0.2, 0.25) is 5.91 Å². The summed E-state index contributed by atoms with van der Waals surface area (Å²) in [6.07, 6.45) is 13.8. The van der Waals surface area contributed by atoms with E-state index in [-0.39, 0.29) is 6.03 Å². The van der Waals surface area contributed by atoms with Gasteiger partial charge in [0.1, 0.15) is 0 Å². The van der Waals surface area contributed by atoms with Gasteiger partial charge in [-0.3, -0.25) is 4.79 Å². The lowest BCUT2D eigenvalue weighted by molar-refractivity contribution is -0.137. The van der Waals surface area contributed by atoms with Crippen molar-refractivity contribution in [3.8, 4) is 0 Å². The van der Waals surface area contributed by atoms with Crippen LogP contribution in [-0.2, 0) is 4.79 Å². The molecule has 3 saturated heterocycles. The van der Waals surface area contributed by atoms with E-state index >= 15 is 0 Å². The van der Waals surface area contributed by atoms with Crippen molar-refractivity contribution in [3.05, 3.63) is 48.7 Å². The van der Waals surface area contributed by atoms with Crippen LogP contribution in [0.2, 0.25) is 0 Å². The first-order valence-corrected chi connectivity index (χ1v) is 14.7. The Balaban J connectivity index is 0.000000236. The third-order valence-corrected chi connectivity index (χ3v) is 8.31. The molecule has 0 radical (unpaired) electrons. The Labute approximate surface area is 233 Å². The number of likely N-dealkylation sites (tertiary alicyclic amines) is 2. The molecule has 3 amide bonds. The summed E-state index contributed by atoms with van der Waals surface area (Å²) in [5.74, 6) is 2.02. The Hall–Kier alpha value is -2.50. The molecule has 4 rings (SSSR count). The Morgan fingerprint density at radius 1 is 1.11 bits per heavy atom. The maximum absolute atomic E-state index is 12.4. The fourth-order valence-corrected chi connectivity index (χ4v) is 5.39. The lowest BCUT2D eigenvalue weighted by Gasteiger charge is -2.30. The van der Waals surface area contributed by atoms with Gasteiger partial charge in [-0.2, -0.15) is 0 Å². The zero-order valence-corrected chi connectivity index (χ0v) is 25.3.